The van der Waals surface area contributed by atoms with E-state index in [-0.39, 0.29) is 133 Å². The van der Waals surface area contributed by atoms with Crippen molar-refractivity contribution in [2.75, 3.05) is 0 Å². The lowest BCUT2D eigenvalue weighted by atomic mass is 9.77. The van der Waals surface area contributed by atoms with Crippen molar-refractivity contribution in [2.24, 2.45) is 0 Å². The van der Waals surface area contributed by atoms with Crippen molar-refractivity contribution in [3.63, 3.8) is 0 Å². The molecule has 0 N–H and O–H groups in total. The normalized spacial score (nSPS) is 13.6. The summed E-state index contributed by atoms with van der Waals surface area (Å²) in [6.07, 6.45) is 0. The van der Waals surface area contributed by atoms with Crippen LogP contribution in [0.25, 0.3) is 172 Å². The predicted molar refractivity (Wildman–Crippen MR) is 614 cm³/mol. The van der Waals surface area contributed by atoms with Crippen LogP contribution in [0.3, 0.4) is 0 Å². The molecule has 0 amide bonds. The fraction of sp³-hybridized carbons (Fsp3) is 0.186. The molecule has 0 fully saturated rings. The second-order valence-electron chi connectivity index (χ2n) is 42.7. The number of benzene rings is 19. The molecule has 21 aromatic rings. The van der Waals surface area contributed by atoms with E-state index >= 15 is 0 Å². The Morgan fingerprint density at radius 1 is 0.177 bits per heavy atom. The summed E-state index contributed by atoms with van der Waals surface area (Å²) in [4.78, 5) is 0. The minimum Gasteiger partial charge on any atom is -0.308 e. The highest BCUT2D eigenvalue weighted by molar-refractivity contribution is 6.23. The smallest absolute Gasteiger partial charge is 0.0632 e. The molecule has 0 saturated heterocycles. The molecule has 19 aromatic carbocycles. The molecule has 141 heavy (non-hydrogen) atoms. The molecule has 1 aliphatic carbocycles. The van der Waals surface area contributed by atoms with Crippen LogP contribution in [0, 0.1) is 13.8 Å². The first-order chi connectivity index (χ1) is 75.1. The molecule has 700 valence electrons. The molecule has 2 aromatic heterocycles. The first-order valence-corrected chi connectivity index (χ1v) is 48.8. The van der Waals surface area contributed by atoms with Crippen molar-refractivity contribution in [3.8, 4) is 134 Å². The Balaban J connectivity index is 0.000000129. The molecule has 0 unspecified atom stereocenters. The molecule has 0 aliphatic heterocycles. The third-order valence-electron chi connectivity index (χ3n) is 26.1. The third kappa shape index (κ3) is 22.0. The summed E-state index contributed by atoms with van der Waals surface area (Å²) in [7, 11) is 0. The molecule has 1 aliphatic rings. The monoisotopic (exact) mass is 1850 g/mol. The highest BCUT2D eigenvalue weighted by Crippen LogP contribution is 2.51. The van der Waals surface area contributed by atoms with Crippen molar-refractivity contribution in [3.05, 3.63) is 499 Å². The number of hydrogen-bond donors (Lipinski definition) is 0. The second kappa shape index (κ2) is 41.2. The molecule has 2 heterocycles. The van der Waals surface area contributed by atoms with Gasteiger partial charge in [-0.15, -0.1) is 0 Å². The summed E-state index contributed by atoms with van der Waals surface area (Å²) in [5.74, 6) is 0. The van der Waals surface area contributed by atoms with Gasteiger partial charge in [-0.05, 0) is 256 Å². The summed E-state index contributed by atoms with van der Waals surface area (Å²) in [6.45, 7) is 42.1. The van der Waals surface area contributed by atoms with Gasteiger partial charge >= 0.3 is 0 Å². The molecular formula is C140H135N. The van der Waals surface area contributed by atoms with Gasteiger partial charge in [0.1, 0.15) is 0 Å². The van der Waals surface area contributed by atoms with E-state index in [2.05, 4.69) is 397 Å². The predicted octanol–water partition coefficient (Wildman–Crippen LogP) is 40.0. The summed E-state index contributed by atoms with van der Waals surface area (Å²) in [5.41, 5.74) is 33.8. The first kappa shape index (κ1) is 76.9. The van der Waals surface area contributed by atoms with Gasteiger partial charge in [-0.3, -0.25) is 0 Å². The van der Waals surface area contributed by atoms with E-state index in [1.807, 2.05) is 41.5 Å². The first-order valence-electron chi connectivity index (χ1n) is 57.8. The summed E-state index contributed by atoms with van der Waals surface area (Å²) in [5, 5.41) is 5.45. The van der Waals surface area contributed by atoms with E-state index in [1.54, 1.807) is 43.3 Å². The second-order valence-corrected chi connectivity index (χ2v) is 42.7. The van der Waals surface area contributed by atoms with Crippen molar-refractivity contribution < 1.29 is 24.7 Å². The Morgan fingerprint density at radius 3 is 0.858 bits per heavy atom. The maximum atomic E-state index is 8.52. The average Bonchev–Trinajstić information content (AvgIpc) is 1.53. The zero-order chi connectivity index (χ0) is 115. The van der Waals surface area contributed by atoms with E-state index in [4.69, 9.17) is 24.7 Å². The van der Waals surface area contributed by atoms with Crippen molar-refractivity contribution >= 4 is 38.1 Å². The number of hydrogen-bond acceptors (Lipinski definition) is 0. The molecule has 1 nitrogen and oxygen atoms in total. The minimum absolute atomic E-state index is 0.0333. The lowest BCUT2D eigenvalue weighted by molar-refractivity contribution is 0.590. The van der Waals surface area contributed by atoms with Gasteiger partial charge in [-0.2, -0.15) is 0 Å². The highest BCUT2D eigenvalue weighted by Gasteiger charge is 2.30. The SMILES string of the molecule is CC(C)(C)c1c(-c2ccccc2)cccc1-c1ccccc1.CC(C)(C)c1cc(-c2ccccc2)cc(-c2ccccc2)c1.CC(C)(C)c1cc2c3ccccc3n3c4ccccc4c(c1)c23.CC(C)(C)c1ccc2c(c1)-c1ccccc1-c1ccccc1-c1ccccc1-2.[2H]c1c([2H])c([2H])c(-c2cc(-c3c([2H])c([2H])c([2H])c(C)c3[2H])cc(C(C)(C)C)c2)c([2H])c1[2H].[2H]c1c([2H])c([2H])c(-c2cccc(-c3c([2H])c([2H])c(C)c([2H])c3[2H])c2C(C)(C)C)c([2H])c1[2H]. The van der Waals surface area contributed by atoms with Gasteiger partial charge in [0.05, 0.1) is 41.2 Å². The molecular weight excluding hydrogens is 1700 g/mol. The van der Waals surface area contributed by atoms with Crippen LogP contribution in [0.15, 0.2) is 455 Å². The maximum Gasteiger partial charge on any atom is 0.0632 e. The number of nitrogens with zero attached hydrogens (tertiary/aromatic N) is 1. The van der Waals surface area contributed by atoms with E-state index in [1.165, 1.54) is 156 Å². The van der Waals surface area contributed by atoms with Crippen LogP contribution in [0.1, 0.15) is 194 Å². The van der Waals surface area contributed by atoms with Crippen LogP contribution in [-0.2, 0) is 32.5 Å². The molecule has 0 atom stereocenters. The lowest BCUT2D eigenvalue weighted by Crippen LogP contribution is -2.14. The summed E-state index contributed by atoms with van der Waals surface area (Å²) >= 11 is 0. The molecule has 22 rings (SSSR count). The van der Waals surface area contributed by atoms with E-state index < -0.39 is 41.7 Å². The third-order valence-corrected chi connectivity index (χ3v) is 26.1. The zero-order valence-corrected chi connectivity index (χ0v) is 84.9. The Bertz CT molecular complexity index is 8600. The summed E-state index contributed by atoms with van der Waals surface area (Å²) in [6, 6.07) is 117. The molecule has 0 spiro atoms. The molecule has 0 radical (unpaired) electrons. The van der Waals surface area contributed by atoms with Gasteiger partial charge in [-0.1, -0.05) is 548 Å². The van der Waals surface area contributed by atoms with Gasteiger partial charge < -0.3 is 4.40 Å². The number of rotatable bonds is 8. The molecule has 1 heteroatoms. The van der Waals surface area contributed by atoms with Crippen LogP contribution >= 0.6 is 0 Å². The van der Waals surface area contributed by atoms with Crippen molar-refractivity contribution in [1.82, 2.24) is 4.40 Å². The van der Waals surface area contributed by atoms with Gasteiger partial charge in [0.2, 0.25) is 0 Å². The standard InChI is InChI=1S/C28H24.2C23H24.C22H19N.2C22H22/c1-28(2,3)19-16-17-26-24-14-7-6-12-22(24)20-10-4-5-11-21(20)23-13-8-9-15-25(23)27(26)18-19;1-17-9-8-12-19(13-17)21-14-20(18-10-6-5-7-11-18)15-22(16-21)23(2,3)4;1-17-13-15-19(16-14-17)21-12-8-11-20(22(21)23(2,3)4)18-9-6-5-7-10-18;1-22(2,3)14-12-17-15-8-4-6-10-19(15)23-20-11-7-5-9-16(20)18(13-14)21(17)23;1-22(2,3)21-19(17-11-6-4-7-12-17)15-10-16-20(21)18-13-8-5-9-14-18;1-22(2,3)21-15-19(17-10-6-4-7-11-17)14-20(16-21)18-12-8-5-9-13-18/h4-18H,1-3H3;2*5-16H,1-4H3;4-13H,1-3H3;2*4-16H,1-3H3/i;5D,6D,7D,8D,9D,10D,11D,12D,13D;5D,6D,7D,9D,10D,13D,14D,15D,16D;;;. The zero-order valence-electron chi connectivity index (χ0n) is 103. The fourth-order valence-corrected chi connectivity index (χ4v) is 18.9. The van der Waals surface area contributed by atoms with Crippen LogP contribution in [0.4, 0.5) is 0 Å². The fourth-order valence-electron chi connectivity index (χ4n) is 18.9. The van der Waals surface area contributed by atoms with Gasteiger partial charge in [0.15, 0.2) is 0 Å². The van der Waals surface area contributed by atoms with Crippen molar-refractivity contribution in [1.29, 1.82) is 0 Å². The van der Waals surface area contributed by atoms with E-state index in [0.717, 1.165) is 5.56 Å². The maximum absolute atomic E-state index is 8.52. The largest absolute Gasteiger partial charge is 0.308 e. The number of para-hydroxylation sites is 2. The quantitative estimate of drug-likeness (QED) is 0.143. The van der Waals surface area contributed by atoms with Crippen LogP contribution in [0.2, 0.25) is 0 Å². The topological polar surface area (TPSA) is 4.41 Å². The number of fused-ring (bicyclic) bond motifs is 14. The van der Waals surface area contributed by atoms with Crippen LogP contribution < -0.4 is 0 Å². The van der Waals surface area contributed by atoms with E-state index in [0.29, 0.717) is 27.8 Å². The highest BCUT2D eigenvalue weighted by atomic mass is 14.9. The Morgan fingerprint density at radius 2 is 0.475 bits per heavy atom. The Hall–Kier alpha value is -15.0. The van der Waals surface area contributed by atoms with Gasteiger partial charge in [-0.25, -0.2) is 0 Å². The van der Waals surface area contributed by atoms with E-state index in [9.17, 15) is 0 Å². The minimum atomic E-state index is -0.608. The number of aromatic nitrogens is 1. The lowest BCUT2D eigenvalue weighted by Gasteiger charge is -2.27. The van der Waals surface area contributed by atoms with Crippen LogP contribution in [0.5, 0.6) is 0 Å². The Labute approximate surface area is 865 Å². The molecule has 0 bridgehead atoms. The summed E-state index contributed by atoms with van der Waals surface area (Å²) < 4.78 is 150. The van der Waals surface area contributed by atoms with Crippen molar-refractivity contribution in [2.45, 2.75) is 171 Å². The van der Waals surface area contributed by atoms with Gasteiger partial charge in [0, 0.05) is 21.5 Å². The van der Waals surface area contributed by atoms with Gasteiger partial charge in [0.25, 0.3) is 0 Å². The Kier molecular flexibility index (Phi) is 22.5. The molecule has 0 saturated carbocycles. The van der Waals surface area contributed by atoms with Crippen LogP contribution in [-0.4, -0.2) is 4.40 Å². The average molecular weight is 1850 g/mol.